The molecule has 0 atom stereocenters. The van der Waals surface area contributed by atoms with Crippen LogP contribution in [0.5, 0.6) is 0 Å². The SMILES string of the molecule is Cc1ncnc(N2CCN(Cc3ncco3)CC2)c1C. The minimum absolute atomic E-state index is 0.780. The average molecular weight is 273 g/mol. The van der Waals surface area contributed by atoms with Crippen molar-refractivity contribution in [3.8, 4) is 0 Å². The van der Waals surface area contributed by atoms with Gasteiger partial charge in [-0.25, -0.2) is 15.0 Å². The van der Waals surface area contributed by atoms with Crippen molar-refractivity contribution in [2.75, 3.05) is 31.1 Å². The zero-order valence-electron chi connectivity index (χ0n) is 11.9. The van der Waals surface area contributed by atoms with Gasteiger partial charge >= 0.3 is 0 Å². The van der Waals surface area contributed by atoms with Crippen LogP contribution in [-0.2, 0) is 6.54 Å². The quantitative estimate of drug-likeness (QED) is 0.842. The van der Waals surface area contributed by atoms with Crippen LogP contribution in [0.4, 0.5) is 5.82 Å². The zero-order valence-corrected chi connectivity index (χ0v) is 11.9. The minimum Gasteiger partial charge on any atom is -0.448 e. The Kier molecular flexibility index (Phi) is 3.64. The fraction of sp³-hybridized carbons (Fsp3) is 0.500. The Hall–Kier alpha value is -1.95. The monoisotopic (exact) mass is 273 g/mol. The van der Waals surface area contributed by atoms with E-state index in [4.69, 9.17) is 4.42 Å². The first-order valence-corrected chi connectivity index (χ1v) is 6.88. The second-order valence-electron chi connectivity index (χ2n) is 5.10. The summed E-state index contributed by atoms with van der Waals surface area (Å²) in [5.41, 5.74) is 2.23. The van der Waals surface area contributed by atoms with Gasteiger partial charge in [0, 0.05) is 37.4 Å². The molecule has 0 radical (unpaired) electrons. The second kappa shape index (κ2) is 5.58. The summed E-state index contributed by atoms with van der Waals surface area (Å²) in [4.78, 5) is 17.5. The molecule has 1 fully saturated rings. The lowest BCUT2D eigenvalue weighted by atomic mass is 10.2. The summed E-state index contributed by atoms with van der Waals surface area (Å²) >= 11 is 0. The molecule has 0 saturated carbocycles. The highest BCUT2D eigenvalue weighted by Crippen LogP contribution is 2.20. The van der Waals surface area contributed by atoms with Crippen LogP contribution in [0.3, 0.4) is 0 Å². The number of nitrogens with zero attached hydrogens (tertiary/aromatic N) is 5. The van der Waals surface area contributed by atoms with Crippen molar-refractivity contribution in [3.05, 3.63) is 35.9 Å². The first-order valence-electron chi connectivity index (χ1n) is 6.88. The summed E-state index contributed by atoms with van der Waals surface area (Å²) < 4.78 is 5.30. The number of anilines is 1. The lowest BCUT2D eigenvalue weighted by molar-refractivity contribution is 0.225. The smallest absolute Gasteiger partial charge is 0.208 e. The van der Waals surface area contributed by atoms with Crippen LogP contribution in [-0.4, -0.2) is 46.0 Å². The van der Waals surface area contributed by atoms with E-state index in [2.05, 4.69) is 31.7 Å². The molecule has 2 aromatic heterocycles. The molecule has 1 aliphatic rings. The van der Waals surface area contributed by atoms with E-state index < -0.39 is 0 Å². The third-order valence-electron chi connectivity index (χ3n) is 3.82. The Balaban J connectivity index is 1.62. The molecule has 0 aromatic carbocycles. The molecule has 0 aliphatic carbocycles. The first-order chi connectivity index (χ1) is 9.74. The van der Waals surface area contributed by atoms with Crippen LogP contribution in [0.15, 0.2) is 23.2 Å². The zero-order chi connectivity index (χ0) is 13.9. The summed E-state index contributed by atoms with van der Waals surface area (Å²) in [6.07, 6.45) is 4.97. The van der Waals surface area contributed by atoms with Crippen molar-refractivity contribution >= 4 is 5.82 Å². The minimum atomic E-state index is 0.780. The highest BCUT2D eigenvalue weighted by molar-refractivity contribution is 5.47. The largest absolute Gasteiger partial charge is 0.448 e. The number of aryl methyl sites for hydroxylation is 1. The third kappa shape index (κ3) is 2.65. The normalized spacial score (nSPS) is 16.6. The van der Waals surface area contributed by atoms with Crippen LogP contribution in [0.2, 0.25) is 0 Å². The highest BCUT2D eigenvalue weighted by Gasteiger charge is 2.20. The summed E-state index contributed by atoms with van der Waals surface area (Å²) in [5.74, 6) is 1.85. The average Bonchev–Trinajstić information content (AvgIpc) is 2.96. The Bertz CT molecular complexity index is 561. The van der Waals surface area contributed by atoms with Crippen molar-refractivity contribution < 1.29 is 4.42 Å². The Morgan fingerprint density at radius 3 is 2.60 bits per heavy atom. The van der Waals surface area contributed by atoms with Crippen LogP contribution in [0, 0.1) is 13.8 Å². The molecule has 0 amide bonds. The van der Waals surface area contributed by atoms with Gasteiger partial charge in [0.1, 0.15) is 18.4 Å². The van der Waals surface area contributed by atoms with Gasteiger partial charge in [-0.1, -0.05) is 0 Å². The van der Waals surface area contributed by atoms with Crippen LogP contribution in [0.1, 0.15) is 17.1 Å². The van der Waals surface area contributed by atoms with E-state index in [1.165, 1.54) is 5.56 Å². The Labute approximate surface area is 118 Å². The van der Waals surface area contributed by atoms with Gasteiger partial charge in [-0.3, -0.25) is 4.90 Å². The summed E-state index contributed by atoms with van der Waals surface area (Å²) in [5, 5.41) is 0. The molecule has 3 heterocycles. The van der Waals surface area contributed by atoms with Gasteiger partial charge in [-0.2, -0.15) is 0 Å². The molecule has 0 bridgehead atoms. The Morgan fingerprint density at radius 1 is 1.10 bits per heavy atom. The topological polar surface area (TPSA) is 58.3 Å². The van der Waals surface area contributed by atoms with Gasteiger partial charge in [0.2, 0.25) is 5.89 Å². The molecule has 0 unspecified atom stereocenters. The predicted molar refractivity (Wildman–Crippen MR) is 75.5 cm³/mol. The van der Waals surface area contributed by atoms with Crippen LogP contribution < -0.4 is 4.90 Å². The molecule has 2 aromatic rings. The summed E-state index contributed by atoms with van der Waals surface area (Å²) in [6, 6.07) is 0. The van der Waals surface area contributed by atoms with Crippen molar-refractivity contribution in [3.63, 3.8) is 0 Å². The lowest BCUT2D eigenvalue weighted by Gasteiger charge is -2.35. The highest BCUT2D eigenvalue weighted by atomic mass is 16.3. The summed E-state index contributed by atoms with van der Waals surface area (Å²) in [7, 11) is 0. The molecule has 0 N–H and O–H groups in total. The number of aromatic nitrogens is 3. The van der Waals surface area contributed by atoms with Gasteiger partial charge in [-0.05, 0) is 13.8 Å². The van der Waals surface area contributed by atoms with Gasteiger partial charge in [0.15, 0.2) is 0 Å². The molecule has 106 valence electrons. The predicted octanol–water partition coefficient (Wildman–Crippen LogP) is 1.40. The van der Waals surface area contributed by atoms with E-state index in [1.807, 2.05) is 6.92 Å². The molecule has 1 saturated heterocycles. The van der Waals surface area contributed by atoms with Gasteiger partial charge in [0.25, 0.3) is 0 Å². The number of hydrogen-bond acceptors (Lipinski definition) is 6. The molecule has 1 aliphatic heterocycles. The van der Waals surface area contributed by atoms with Gasteiger partial charge in [0.05, 0.1) is 12.7 Å². The number of hydrogen-bond donors (Lipinski definition) is 0. The van der Waals surface area contributed by atoms with E-state index in [1.54, 1.807) is 18.8 Å². The van der Waals surface area contributed by atoms with Crippen molar-refractivity contribution in [2.24, 2.45) is 0 Å². The van der Waals surface area contributed by atoms with Crippen molar-refractivity contribution in [1.82, 2.24) is 19.9 Å². The maximum Gasteiger partial charge on any atom is 0.208 e. The van der Waals surface area contributed by atoms with E-state index in [-0.39, 0.29) is 0 Å². The van der Waals surface area contributed by atoms with Gasteiger partial charge < -0.3 is 9.32 Å². The van der Waals surface area contributed by atoms with Crippen LogP contribution in [0.25, 0.3) is 0 Å². The summed E-state index contributed by atoms with van der Waals surface area (Å²) in [6.45, 7) is 8.82. The van der Waals surface area contributed by atoms with E-state index in [9.17, 15) is 0 Å². The molecule has 20 heavy (non-hydrogen) atoms. The van der Waals surface area contributed by atoms with E-state index in [0.29, 0.717) is 0 Å². The first kappa shape index (κ1) is 13.1. The van der Waals surface area contributed by atoms with Gasteiger partial charge in [-0.15, -0.1) is 0 Å². The molecule has 6 heteroatoms. The second-order valence-corrected chi connectivity index (χ2v) is 5.10. The standard InChI is InChI=1S/C14H19N5O/c1-11-12(2)16-10-17-14(11)19-6-4-18(5-7-19)9-13-15-3-8-20-13/h3,8,10H,4-7,9H2,1-2H3. The maximum atomic E-state index is 5.30. The number of rotatable bonds is 3. The number of piperazine rings is 1. The molecule has 3 rings (SSSR count). The molecule has 0 spiro atoms. The fourth-order valence-corrected chi connectivity index (χ4v) is 2.48. The van der Waals surface area contributed by atoms with Crippen LogP contribution >= 0.6 is 0 Å². The molecular formula is C14H19N5O. The molecule has 6 nitrogen and oxygen atoms in total. The Morgan fingerprint density at radius 2 is 1.90 bits per heavy atom. The van der Waals surface area contributed by atoms with E-state index in [0.717, 1.165) is 50.1 Å². The van der Waals surface area contributed by atoms with Crippen molar-refractivity contribution in [2.45, 2.75) is 20.4 Å². The molecular weight excluding hydrogens is 254 g/mol. The number of oxazole rings is 1. The lowest BCUT2D eigenvalue weighted by Crippen LogP contribution is -2.46. The van der Waals surface area contributed by atoms with E-state index >= 15 is 0 Å². The van der Waals surface area contributed by atoms with Crippen molar-refractivity contribution in [1.29, 1.82) is 0 Å². The maximum absolute atomic E-state index is 5.30. The fourth-order valence-electron chi connectivity index (χ4n) is 2.48. The third-order valence-corrected chi connectivity index (χ3v) is 3.82.